The van der Waals surface area contributed by atoms with Crippen LogP contribution in [0.3, 0.4) is 0 Å². The lowest BCUT2D eigenvalue weighted by molar-refractivity contribution is 0.0993. The van der Waals surface area contributed by atoms with E-state index in [2.05, 4.69) is 22.9 Å². The van der Waals surface area contributed by atoms with Crippen LogP contribution >= 0.6 is 27.5 Å². The second-order valence-corrected chi connectivity index (χ2v) is 5.71. The topological polar surface area (TPSA) is 17.1 Å². The van der Waals surface area contributed by atoms with Crippen molar-refractivity contribution in [1.82, 2.24) is 0 Å². The Balaban J connectivity index is 2.15. The highest BCUT2D eigenvalue weighted by Crippen LogP contribution is 2.22. The van der Waals surface area contributed by atoms with E-state index in [4.69, 9.17) is 11.6 Å². The lowest BCUT2D eigenvalue weighted by Gasteiger charge is -2.05. The number of Topliss-reactive ketones (excluding diaryl/α,β-unsaturated/α-hetero) is 1. The first kappa shape index (κ1) is 14.3. The minimum Gasteiger partial charge on any atom is -0.294 e. The van der Waals surface area contributed by atoms with Crippen molar-refractivity contribution in [1.29, 1.82) is 0 Å². The maximum absolute atomic E-state index is 12.2. The van der Waals surface area contributed by atoms with Gasteiger partial charge in [0.2, 0.25) is 0 Å². The fraction of sp³-hybridized carbons (Fsp3) is 0.188. The Morgan fingerprint density at radius 3 is 2.42 bits per heavy atom. The molecule has 3 heteroatoms. The minimum absolute atomic E-state index is 0.0897. The normalized spacial score (nSPS) is 10.5. The number of ketones is 1. The van der Waals surface area contributed by atoms with Crippen molar-refractivity contribution in [2.75, 3.05) is 0 Å². The summed E-state index contributed by atoms with van der Waals surface area (Å²) in [4.78, 5) is 12.2. The van der Waals surface area contributed by atoms with Crippen molar-refractivity contribution in [3.63, 3.8) is 0 Å². The maximum atomic E-state index is 12.2. The second-order valence-electron chi connectivity index (χ2n) is 4.39. The van der Waals surface area contributed by atoms with Gasteiger partial charge in [-0.15, -0.1) is 0 Å². The first-order valence-corrected chi connectivity index (χ1v) is 7.33. The minimum atomic E-state index is 0.0897. The number of hydrogen-bond acceptors (Lipinski definition) is 1. The van der Waals surface area contributed by atoms with Crippen molar-refractivity contribution in [2.24, 2.45) is 0 Å². The predicted molar refractivity (Wildman–Crippen MR) is 83.0 cm³/mol. The number of carbonyl (C=O) groups is 1. The Kier molecular flexibility index (Phi) is 4.78. The van der Waals surface area contributed by atoms with Crippen LogP contribution in [0.1, 0.15) is 28.4 Å². The Hall–Kier alpha value is -1.12. The van der Waals surface area contributed by atoms with Gasteiger partial charge in [-0.1, -0.05) is 64.8 Å². The maximum Gasteiger partial charge on any atom is 0.167 e. The monoisotopic (exact) mass is 336 g/mol. The van der Waals surface area contributed by atoms with Crippen LogP contribution in [0.25, 0.3) is 0 Å². The van der Waals surface area contributed by atoms with Gasteiger partial charge in [0, 0.05) is 21.5 Å². The van der Waals surface area contributed by atoms with Gasteiger partial charge in [0.05, 0.1) is 0 Å². The molecule has 0 atom stereocenters. The van der Waals surface area contributed by atoms with Crippen LogP contribution in [0.4, 0.5) is 0 Å². The number of benzene rings is 2. The molecule has 2 aromatic rings. The number of halogens is 2. The molecule has 0 radical (unpaired) electrons. The van der Waals surface area contributed by atoms with Crippen LogP contribution in [-0.2, 0) is 12.8 Å². The second kappa shape index (κ2) is 6.36. The van der Waals surface area contributed by atoms with Gasteiger partial charge >= 0.3 is 0 Å². The van der Waals surface area contributed by atoms with Crippen LogP contribution < -0.4 is 0 Å². The molecule has 0 fully saturated rings. The van der Waals surface area contributed by atoms with Crippen molar-refractivity contribution in [2.45, 2.75) is 19.8 Å². The SMILES string of the molecule is CCc1ccc(C(=O)Cc2ccc(Br)cc2Cl)cc1. The van der Waals surface area contributed by atoms with Crippen molar-refractivity contribution < 1.29 is 4.79 Å². The van der Waals surface area contributed by atoms with Crippen LogP contribution in [0.2, 0.25) is 5.02 Å². The Labute approximate surface area is 126 Å². The van der Waals surface area contributed by atoms with Gasteiger partial charge in [-0.05, 0) is 29.7 Å². The summed E-state index contributed by atoms with van der Waals surface area (Å²) in [6, 6.07) is 13.3. The molecule has 0 saturated heterocycles. The molecule has 0 saturated carbocycles. The van der Waals surface area contributed by atoms with E-state index in [1.54, 1.807) is 0 Å². The summed E-state index contributed by atoms with van der Waals surface area (Å²) < 4.78 is 0.918. The molecule has 2 rings (SSSR count). The fourth-order valence-electron chi connectivity index (χ4n) is 1.87. The number of rotatable bonds is 4. The molecular weight excluding hydrogens is 324 g/mol. The van der Waals surface area contributed by atoms with E-state index in [1.807, 2.05) is 42.5 Å². The fourth-order valence-corrected chi connectivity index (χ4v) is 2.61. The molecule has 19 heavy (non-hydrogen) atoms. The lowest BCUT2D eigenvalue weighted by Crippen LogP contribution is -2.04. The first-order chi connectivity index (χ1) is 9.10. The third-order valence-corrected chi connectivity index (χ3v) is 3.90. The summed E-state index contributed by atoms with van der Waals surface area (Å²) in [5.41, 5.74) is 2.82. The van der Waals surface area contributed by atoms with Crippen molar-refractivity contribution in [3.8, 4) is 0 Å². The molecular formula is C16H14BrClO. The summed E-state index contributed by atoms with van der Waals surface area (Å²) in [6.45, 7) is 2.10. The van der Waals surface area contributed by atoms with Gasteiger partial charge in [0.15, 0.2) is 5.78 Å². The van der Waals surface area contributed by atoms with Gasteiger partial charge in [-0.2, -0.15) is 0 Å². The smallest absolute Gasteiger partial charge is 0.167 e. The van der Waals surface area contributed by atoms with Gasteiger partial charge < -0.3 is 0 Å². The predicted octanol–water partition coefficient (Wildman–Crippen LogP) is 5.09. The van der Waals surface area contributed by atoms with Gasteiger partial charge in [-0.3, -0.25) is 4.79 Å². The highest BCUT2D eigenvalue weighted by Gasteiger charge is 2.09. The third kappa shape index (κ3) is 3.68. The van der Waals surface area contributed by atoms with Crippen molar-refractivity contribution in [3.05, 3.63) is 68.7 Å². The molecule has 0 unspecified atom stereocenters. The van der Waals surface area contributed by atoms with E-state index in [0.717, 1.165) is 22.0 Å². The van der Waals surface area contributed by atoms with E-state index >= 15 is 0 Å². The van der Waals surface area contributed by atoms with Crippen LogP contribution in [0, 0.1) is 0 Å². The Morgan fingerprint density at radius 2 is 1.84 bits per heavy atom. The number of carbonyl (C=O) groups excluding carboxylic acids is 1. The third-order valence-electron chi connectivity index (χ3n) is 3.05. The van der Waals surface area contributed by atoms with E-state index in [-0.39, 0.29) is 5.78 Å². The highest BCUT2D eigenvalue weighted by molar-refractivity contribution is 9.10. The van der Waals surface area contributed by atoms with E-state index < -0.39 is 0 Å². The molecule has 0 bridgehead atoms. The average Bonchev–Trinajstić information content (AvgIpc) is 2.42. The molecule has 0 aliphatic heterocycles. The van der Waals surface area contributed by atoms with Gasteiger partial charge in [0.1, 0.15) is 0 Å². The molecule has 98 valence electrons. The van der Waals surface area contributed by atoms with E-state index in [1.165, 1.54) is 5.56 Å². The van der Waals surface area contributed by atoms with Crippen LogP contribution in [0.5, 0.6) is 0 Å². The van der Waals surface area contributed by atoms with Crippen LogP contribution in [0.15, 0.2) is 46.9 Å². The molecule has 0 N–H and O–H groups in total. The summed E-state index contributed by atoms with van der Waals surface area (Å²) >= 11 is 9.48. The highest BCUT2D eigenvalue weighted by atomic mass is 79.9. The lowest BCUT2D eigenvalue weighted by atomic mass is 10.0. The zero-order valence-corrected chi connectivity index (χ0v) is 13.0. The number of hydrogen-bond donors (Lipinski definition) is 0. The molecule has 0 aliphatic rings. The Morgan fingerprint density at radius 1 is 1.16 bits per heavy atom. The van der Waals surface area contributed by atoms with E-state index in [9.17, 15) is 4.79 Å². The quantitative estimate of drug-likeness (QED) is 0.710. The Bertz CT molecular complexity index is 590. The zero-order chi connectivity index (χ0) is 13.8. The first-order valence-electron chi connectivity index (χ1n) is 6.16. The molecule has 2 aromatic carbocycles. The summed E-state index contributed by atoms with van der Waals surface area (Å²) in [7, 11) is 0. The largest absolute Gasteiger partial charge is 0.294 e. The summed E-state index contributed by atoms with van der Waals surface area (Å²) in [5, 5.41) is 0.618. The standard InChI is InChI=1S/C16H14BrClO/c1-2-11-3-5-12(6-4-11)16(19)9-13-7-8-14(17)10-15(13)18/h3-8,10H,2,9H2,1H3. The zero-order valence-electron chi connectivity index (χ0n) is 10.6. The average molecular weight is 338 g/mol. The molecule has 0 amide bonds. The van der Waals surface area contributed by atoms with Crippen LogP contribution in [-0.4, -0.2) is 5.78 Å². The molecule has 0 aliphatic carbocycles. The molecule has 0 heterocycles. The summed E-state index contributed by atoms with van der Waals surface area (Å²) in [6.07, 6.45) is 1.31. The molecule has 0 spiro atoms. The van der Waals surface area contributed by atoms with Crippen molar-refractivity contribution >= 4 is 33.3 Å². The van der Waals surface area contributed by atoms with Gasteiger partial charge in [0.25, 0.3) is 0 Å². The molecule has 0 aromatic heterocycles. The van der Waals surface area contributed by atoms with E-state index in [0.29, 0.717) is 11.4 Å². The number of aryl methyl sites for hydroxylation is 1. The van der Waals surface area contributed by atoms with Gasteiger partial charge in [-0.25, -0.2) is 0 Å². The molecule has 1 nitrogen and oxygen atoms in total. The summed E-state index contributed by atoms with van der Waals surface area (Å²) in [5.74, 6) is 0.0897.